The summed E-state index contributed by atoms with van der Waals surface area (Å²) in [5.74, 6) is 0.695. The van der Waals surface area contributed by atoms with Crippen molar-refractivity contribution in [2.24, 2.45) is 5.92 Å². The van der Waals surface area contributed by atoms with Gasteiger partial charge in [0.1, 0.15) is 5.54 Å². The molecular formula is C14H27NO2. The number of piperidine rings is 1. The molecule has 1 heterocycles. The van der Waals surface area contributed by atoms with Crippen LogP contribution in [0.15, 0.2) is 0 Å². The van der Waals surface area contributed by atoms with Gasteiger partial charge >= 0.3 is 5.97 Å². The minimum atomic E-state index is -0.364. The number of nitrogens with zero attached hydrogens (tertiary/aromatic N) is 1. The van der Waals surface area contributed by atoms with E-state index in [1.54, 1.807) is 0 Å². The summed E-state index contributed by atoms with van der Waals surface area (Å²) in [6.45, 7) is 5.35. The highest BCUT2D eigenvalue weighted by Crippen LogP contribution is 2.35. The van der Waals surface area contributed by atoms with Gasteiger partial charge in [-0.1, -0.05) is 26.7 Å². The van der Waals surface area contributed by atoms with Crippen molar-refractivity contribution < 1.29 is 9.53 Å². The second-order valence-corrected chi connectivity index (χ2v) is 5.30. The van der Waals surface area contributed by atoms with E-state index in [0.29, 0.717) is 0 Å². The van der Waals surface area contributed by atoms with E-state index >= 15 is 0 Å². The minimum absolute atomic E-state index is 0.0589. The lowest BCUT2D eigenvalue weighted by Crippen LogP contribution is -2.57. The summed E-state index contributed by atoms with van der Waals surface area (Å²) in [5.41, 5.74) is -0.364. The molecule has 0 radical (unpaired) electrons. The van der Waals surface area contributed by atoms with Crippen LogP contribution in [0.4, 0.5) is 0 Å². The van der Waals surface area contributed by atoms with Crippen LogP contribution in [0, 0.1) is 5.92 Å². The Morgan fingerprint density at radius 1 is 1.47 bits per heavy atom. The van der Waals surface area contributed by atoms with Gasteiger partial charge < -0.3 is 4.74 Å². The Labute approximate surface area is 106 Å². The molecule has 0 N–H and O–H groups in total. The SMILES string of the molecule is CCCCC1CCC(CC)(C(=O)OC)N(C)C1. The molecule has 0 aliphatic carbocycles. The van der Waals surface area contributed by atoms with Crippen LogP contribution in [-0.2, 0) is 9.53 Å². The van der Waals surface area contributed by atoms with Crippen molar-refractivity contribution >= 4 is 5.97 Å². The molecule has 3 heteroatoms. The summed E-state index contributed by atoms with van der Waals surface area (Å²) in [4.78, 5) is 14.2. The summed E-state index contributed by atoms with van der Waals surface area (Å²) < 4.78 is 4.99. The molecule has 0 bridgehead atoms. The maximum Gasteiger partial charge on any atom is 0.326 e. The van der Waals surface area contributed by atoms with Crippen LogP contribution in [0.5, 0.6) is 0 Å². The predicted molar refractivity (Wildman–Crippen MR) is 69.9 cm³/mol. The number of hydrogen-bond acceptors (Lipinski definition) is 3. The molecule has 2 atom stereocenters. The highest BCUT2D eigenvalue weighted by molar-refractivity contribution is 5.80. The Morgan fingerprint density at radius 2 is 2.18 bits per heavy atom. The Hall–Kier alpha value is -0.570. The van der Waals surface area contributed by atoms with Gasteiger partial charge in [-0.2, -0.15) is 0 Å². The van der Waals surface area contributed by atoms with Gasteiger partial charge in [0, 0.05) is 6.54 Å². The Balaban J connectivity index is 2.64. The fourth-order valence-electron chi connectivity index (χ4n) is 3.05. The molecule has 100 valence electrons. The lowest BCUT2D eigenvalue weighted by molar-refractivity contribution is -0.158. The molecule has 1 fully saturated rings. The minimum Gasteiger partial charge on any atom is -0.468 e. The second-order valence-electron chi connectivity index (χ2n) is 5.30. The number of hydrogen-bond donors (Lipinski definition) is 0. The highest BCUT2D eigenvalue weighted by Gasteiger charge is 2.45. The smallest absolute Gasteiger partial charge is 0.326 e. The molecule has 0 aromatic carbocycles. The first kappa shape index (κ1) is 14.5. The highest BCUT2D eigenvalue weighted by atomic mass is 16.5. The van der Waals surface area contributed by atoms with E-state index in [1.165, 1.54) is 26.4 Å². The van der Waals surface area contributed by atoms with Crippen molar-refractivity contribution in [3.8, 4) is 0 Å². The van der Waals surface area contributed by atoms with Crippen LogP contribution >= 0.6 is 0 Å². The van der Waals surface area contributed by atoms with Gasteiger partial charge in [-0.05, 0) is 38.6 Å². The number of unbranched alkanes of at least 4 members (excludes halogenated alkanes) is 1. The first-order valence-electron chi connectivity index (χ1n) is 6.90. The monoisotopic (exact) mass is 241 g/mol. The number of carbonyl (C=O) groups is 1. The summed E-state index contributed by atoms with van der Waals surface area (Å²) in [6, 6.07) is 0. The number of ether oxygens (including phenoxy) is 1. The van der Waals surface area contributed by atoms with Crippen LogP contribution in [-0.4, -0.2) is 37.1 Å². The van der Waals surface area contributed by atoms with Gasteiger partial charge in [-0.3, -0.25) is 9.69 Å². The topological polar surface area (TPSA) is 29.5 Å². The largest absolute Gasteiger partial charge is 0.468 e. The molecular weight excluding hydrogens is 214 g/mol. The summed E-state index contributed by atoms with van der Waals surface area (Å²) in [5, 5.41) is 0. The lowest BCUT2D eigenvalue weighted by Gasteiger charge is -2.45. The Morgan fingerprint density at radius 3 is 2.65 bits per heavy atom. The van der Waals surface area contributed by atoms with Gasteiger partial charge in [0.25, 0.3) is 0 Å². The maximum absolute atomic E-state index is 12.0. The van der Waals surface area contributed by atoms with E-state index in [1.807, 2.05) is 0 Å². The normalized spacial score (nSPS) is 30.2. The van der Waals surface area contributed by atoms with Crippen LogP contribution in [0.25, 0.3) is 0 Å². The third-order valence-electron chi connectivity index (χ3n) is 4.35. The van der Waals surface area contributed by atoms with E-state index in [0.717, 1.165) is 31.7 Å². The molecule has 1 saturated heterocycles. The molecule has 3 nitrogen and oxygen atoms in total. The second kappa shape index (κ2) is 6.39. The van der Waals surface area contributed by atoms with E-state index in [4.69, 9.17) is 4.74 Å². The number of likely N-dealkylation sites (tertiary alicyclic amines) is 1. The molecule has 17 heavy (non-hydrogen) atoms. The van der Waals surface area contributed by atoms with E-state index < -0.39 is 0 Å². The fourth-order valence-corrected chi connectivity index (χ4v) is 3.05. The zero-order chi connectivity index (χ0) is 12.9. The summed E-state index contributed by atoms with van der Waals surface area (Å²) in [7, 11) is 3.56. The quantitative estimate of drug-likeness (QED) is 0.693. The summed E-state index contributed by atoms with van der Waals surface area (Å²) >= 11 is 0. The molecule has 0 amide bonds. The zero-order valence-corrected chi connectivity index (χ0v) is 11.8. The van der Waals surface area contributed by atoms with Crippen molar-refractivity contribution in [3.05, 3.63) is 0 Å². The number of esters is 1. The van der Waals surface area contributed by atoms with Crippen LogP contribution in [0.2, 0.25) is 0 Å². The zero-order valence-electron chi connectivity index (χ0n) is 11.8. The van der Waals surface area contributed by atoms with Gasteiger partial charge in [0.15, 0.2) is 0 Å². The van der Waals surface area contributed by atoms with Crippen molar-refractivity contribution in [2.75, 3.05) is 20.7 Å². The van der Waals surface area contributed by atoms with Crippen molar-refractivity contribution in [3.63, 3.8) is 0 Å². The van der Waals surface area contributed by atoms with E-state index in [-0.39, 0.29) is 11.5 Å². The molecule has 0 aromatic rings. The van der Waals surface area contributed by atoms with Gasteiger partial charge in [0.05, 0.1) is 7.11 Å². The van der Waals surface area contributed by atoms with Gasteiger partial charge in [-0.15, -0.1) is 0 Å². The maximum atomic E-state index is 12.0. The molecule has 1 aliphatic rings. The number of likely N-dealkylation sites (N-methyl/N-ethyl adjacent to an activating group) is 1. The van der Waals surface area contributed by atoms with Crippen LogP contribution < -0.4 is 0 Å². The molecule has 1 rings (SSSR count). The summed E-state index contributed by atoms with van der Waals surface area (Å²) in [6.07, 6.45) is 6.80. The van der Waals surface area contributed by atoms with Crippen molar-refractivity contribution in [1.29, 1.82) is 0 Å². The van der Waals surface area contributed by atoms with Gasteiger partial charge in [-0.25, -0.2) is 0 Å². The first-order chi connectivity index (χ1) is 8.10. The number of carbonyl (C=O) groups excluding carboxylic acids is 1. The van der Waals surface area contributed by atoms with Crippen molar-refractivity contribution in [2.45, 2.75) is 57.9 Å². The van der Waals surface area contributed by atoms with Crippen molar-refractivity contribution in [1.82, 2.24) is 4.90 Å². The van der Waals surface area contributed by atoms with E-state index in [9.17, 15) is 4.79 Å². The third-order valence-corrected chi connectivity index (χ3v) is 4.35. The Bertz CT molecular complexity index is 255. The first-order valence-corrected chi connectivity index (χ1v) is 6.90. The predicted octanol–water partition coefficient (Wildman–Crippen LogP) is 2.84. The van der Waals surface area contributed by atoms with E-state index in [2.05, 4.69) is 25.8 Å². The average molecular weight is 241 g/mol. The van der Waals surface area contributed by atoms with Crippen LogP contribution in [0.1, 0.15) is 52.4 Å². The third kappa shape index (κ3) is 3.01. The number of rotatable bonds is 5. The van der Waals surface area contributed by atoms with Gasteiger partial charge in [0.2, 0.25) is 0 Å². The standard InChI is InChI=1S/C14H27NO2/c1-5-7-8-12-9-10-14(6-2,13(16)17-4)15(3)11-12/h12H,5-11H2,1-4H3. The molecule has 0 spiro atoms. The molecule has 1 aliphatic heterocycles. The number of methoxy groups -OCH3 is 1. The fraction of sp³-hybridized carbons (Fsp3) is 0.929. The molecule has 0 aromatic heterocycles. The molecule has 0 saturated carbocycles. The average Bonchev–Trinajstić information content (AvgIpc) is 2.36. The molecule has 2 unspecified atom stereocenters. The lowest BCUT2D eigenvalue weighted by atomic mass is 9.79. The van der Waals surface area contributed by atoms with Crippen LogP contribution in [0.3, 0.4) is 0 Å². The Kier molecular flexibility index (Phi) is 5.44.